The van der Waals surface area contributed by atoms with Gasteiger partial charge in [0.2, 0.25) is 5.95 Å². The molecule has 3 aromatic heterocycles. The van der Waals surface area contributed by atoms with Crippen LogP contribution in [0.4, 0.5) is 35.0 Å². The summed E-state index contributed by atoms with van der Waals surface area (Å²) < 4.78 is 61.1. The van der Waals surface area contributed by atoms with Crippen LogP contribution in [0.15, 0.2) is 43.1 Å². The lowest BCUT2D eigenvalue weighted by Crippen LogP contribution is -2.35. The number of fused-ring (bicyclic) bond motifs is 1. The molecule has 6 rings (SSSR count). The summed E-state index contributed by atoms with van der Waals surface area (Å²) in [5, 5.41) is 22.3. The molecule has 0 spiro atoms. The van der Waals surface area contributed by atoms with Crippen molar-refractivity contribution in [3.8, 4) is 5.75 Å². The molecule has 12 nitrogen and oxygen atoms in total. The Morgan fingerprint density at radius 1 is 1.00 bits per heavy atom. The van der Waals surface area contributed by atoms with Crippen LogP contribution in [0.5, 0.6) is 5.75 Å². The van der Waals surface area contributed by atoms with Gasteiger partial charge in [0.25, 0.3) is 5.91 Å². The lowest BCUT2D eigenvalue weighted by atomic mass is 10.1. The number of aliphatic hydroxyl groups is 2. The van der Waals surface area contributed by atoms with Gasteiger partial charge in [-0.3, -0.25) is 4.79 Å². The molecule has 16 heteroatoms. The number of halogens is 4. The summed E-state index contributed by atoms with van der Waals surface area (Å²) in [4.78, 5) is 32.4. The molecular weight excluding hydrogens is 576 g/mol. The number of anilines is 3. The molecule has 2 aliphatic rings. The highest BCUT2D eigenvalue weighted by atomic mass is 19.3. The van der Waals surface area contributed by atoms with Crippen molar-refractivity contribution in [3.05, 3.63) is 60.3 Å². The molecule has 2 saturated heterocycles. The predicted octanol–water partition coefficient (Wildman–Crippen LogP) is 2.86. The fourth-order valence-electron chi connectivity index (χ4n) is 5.39. The van der Waals surface area contributed by atoms with Crippen LogP contribution >= 0.6 is 0 Å². The first-order valence-electron chi connectivity index (χ1n) is 13.4. The number of nitrogens with zero attached hydrogens (tertiary/aromatic N) is 7. The minimum atomic E-state index is -2.97. The Bertz CT molecular complexity index is 1620. The minimum absolute atomic E-state index is 0.0312. The van der Waals surface area contributed by atoms with Gasteiger partial charge in [-0.15, -0.1) is 0 Å². The van der Waals surface area contributed by atoms with Crippen LogP contribution in [-0.4, -0.2) is 90.5 Å². The molecular formula is C27H26F4N8O4. The van der Waals surface area contributed by atoms with Gasteiger partial charge in [0, 0.05) is 44.0 Å². The molecule has 0 bridgehead atoms. The number of carbonyl (C=O) groups excluding carboxylic acids is 1. The van der Waals surface area contributed by atoms with Gasteiger partial charge in [0.05, 0.1) is 35.7 Å². The number of aliphatic hydroxyl groups excluding tert-OH is 2. The fourth-order valence-corrected chi connectivity index (χ4v) is 5.39. The Hall–Kier alpha value is -4.57. The number of hydrogen-bond donors (Lipinski definition) is 3. The number of carbonyl (C=O) groups is 1. The second kappa shape index (κ2) is 11.6. The number of amides is 1. The van der Waals surface area contributed by atoms with Crippen molar-refractivity contribution < 1.29 is 37.3 Å². The van der Waals surface area contributed by atoms with Crippen LogP contribution in [-0.2, 0) is 0 Å². The molecule has 1 aromatic carbocycles. The van der Waals surface area contributed by atoms with Crippen molar-refractivity contribution in [1.29, 1.82) is 0 Å². The molecule has 2 fully saturated rings. The van der Waals surface area contributed by atoms with E-state index in [2.05, 4.69) is 30.0 Å². The smallest absolute Gasteiger partial charge is 0.387 e. The van der Waals surface area contributed by atoms with Gasteiger partial charge in [-0.25, -0.2) is 28.7 Å². The molecule has 43 heavy (non-hydrogen) atoms. The Morgan fingerprint density at radius 2 is 1.70 bits per heavy atom. The average Bonchev–Trinajstić information content (AvgIpc) is 3.52. The van der Waals surface area contributed by atoms with E-state index in [9.17, 15) is 23.8 Å². The number of piperidine rings is 1. The summed E-state index contributed by atoms with van der Waals surface area (Å²) in [5.74, 6) is -1.65. The van der Waals surface area contributed by atoms with E-state index in [-0.39, 0.29) is 47.3 Å². The number of rotatable bonds is 7. The molecule has 2 aliphatic heterocycles. The number of hydrogen-bond acceptors (Lipinski definition) is 10. The van der Waals surface area contributed by atoms with Crippen molar-refractivity contribution in [3.63, 3.8) is 0 Å². The van der Waals surface area contributed by atoms with E-state index < -0.39 is 36.4 Å². The van der Waals surface area contributed by atoms with Gasteiger partial charge in [-0.2, -0.15) is 8.78 Å². The SMILES string of the molecule is O=C(c1ccc(Nc2ncnc3c2c(F)cn3C2CCN(c3ncc(OC(F)F)cn3)CC2)c(F)c1)N1C[C@H](O)[C@@H](O)C1. The normalized spacial score (nSPS) is 19.4. The highest BCUT2D eigenvalue weighted by Crippen LogP contribution is 2.33. The highest BCUT2D eigenvalue weighted by Gasteiger charge is 2.33. The Kier molecular flexibility index (Phi) is 7.70. The van der Waals surface area contributed by atoms with Crippen molar-refractivity contribution in [2.45, 2.75) is 37.7 Å². The molecule has 1 amide bonds. The van der Waals surface area contributed by atoms with Gasteiger partial charge in [-0.1, -0.05) is 0 Å². The average molecular weight is 603 g/mol. The van der Waals surface area contributed by atoms with E-state index in [1.54, 1.807) is 4.57 Å². The van der Waals surface area contributed by atoms with Crippen molar-refractivity contribution in [2.24, 2.45) is 0 Å². The molecule has 0 radical (unpaired) electrons. The Morgan fingerprint density at radius 3 is 2.35 bits per heavy atom. The summed E-state index contributed by atoms with van der Waals surface area (Å²) in [7, 11) is 0. The van der Waals surface area contributed by atoms with Gasteiger partial charge >= 0.3 is 6.61 Å². The summed E-state index contributed by atoms with van der Waals surface area (Å²) in [6, 6.07) is 3.62. The second-order valence-electron chi connectivity index (χ2n) is 10.3. The standard InChI is InChI=1S/C27H26F4N8O4/c28-17-7-14(25(42)38-11-20(40)21(41)12-38)1-2-19(17)36-23-22-18(29)10-39(24(22)35-13-34-23)15-3-5-37(6-4-15)27-32-8-16(9-33-27)43-26(30)31/h1-2,7-10,13,15,20-21,26,40-41H,3-6,11-12H2,(H,34,35,36)/t20-,21-/m0/s1. The number of aromatic nitrogens is 5. The van der Waals surface area contributed by atoms with Crippen LogP contribution in [0, 0.1) is 11.6 Å². The third-order valence-corrected chi connectivity index (χ3v) is 7.56. The van der Waals surface area contributed by atoms with E-state index >= 15 is 8.78 Å². The molecule has 4 aromatic rings. The lowest BCUT2D eigenvalue weighted by molar-refractivity contribution is -0.0503. The van der Waals surface area contributed by atoms with Gasteiger partial charge in [0.1, 0.15) is 23.6 Å². The zero-order valence-corrected chi connectivity index (χ0v) is 22.4. The van der Waals surface area contributed by atoms with Crippen LogP contribution in [0.1, 0.15) is 29.2 Å². The molecule has 2 atom stereocenters. The molecule has 5 heterocycles. The molecule has 0 unspecified atom stereocenters. The molecule has 3 N–H and O–H groups in total. The second-order valence-corrected chi connectivity index (χ2v) is 10.3. The zero-order chi connectivity index (χ0) is 30.2. The van der Waals surface area contributed by atoms with Crippen LogP contribution in [0.2, 0.25) is 0 Å². The van der Waals surface area contributed by atoms with Gasteiger partial charge in [-0.05, 0) is 31.0 Å². The van der Waals surface area contributed by atoms with Crippen LogP contribution in [0.25, 0.3) is 11.0 Å². The van der Waals surface area contributed by atoms with Crippen LogP contribution < -0.4 is 15.0 Å². The maximum atomic E-state index is 15.3. The number of ether oxygens (including phenoxy) is 1. The third kappa shape index (κ3) is 5.75. The Labute approximate surface area is 241 Å². The third-order valence-electron chi connectivity index (χ3n) is 7.56. The molecule has 0 saturated carbocycles. The van der Waals surface area contributed by atoms with Gasteiger partial charge < -0.3 is 34.6 Å². The number of likely N-dealkylation sites (tertiary alicyclic amines) is 1. The lowest BCUT2D eigenvalue weighted by Gasteiger charge is -2.32. The first-order chi connectivity index (χ1) is 20.7. The first-order valence-corrected chi connectivity index (χ1v) is 13.4. The summed E-state index contributed by atoms with van der Waals surface area (Å²) in [5.41, 5.74) is 0.309. The highest BCUT2D eigenvalue weighted by molar-refractivity contribution is 5.95. The molecule has 226 valence electrons. The van der Waals surface area contributed by atoms with E-state index in [4.69, 9.17) is 0 Å². The maximum absolute atomic E-state index is 15.3. The van der Waals surface area contributed by atoms with Gasteiger partial charge in [0.15, 0.2) is 11.6 Å². The fraction of sp³-hybridized carbons (Fsp3) is 0.370. The zero-order valence-electron chi connectivity index (χ0n) is 22.4. The first kappa shape index (κ1) is 28.5. The summed E-state index contributed by atoms with van der Waals surface area (Å²) >= 11 is 0. The van der Waals surface area contributed by atoms with E-state index in [0.717, 1.165) is 6.07 Å². The van der Waals surface area contributed by atoms with E-state index in [1.165, 1.54) is 42.0 Å². The number of alkyl halides is 2. The predicted molar refractivity (Wildman–Crippen MR) is 144 cm³/mol. The monoisotopic (exact) mass is 602 g/mol. The number of nitrogens with one attached hydrogen (secondary N) is 1. The largest absolute Gasteiger partial charge is 0.432 e. The number of benzene rings is 1. The Balaban J connectivity index is 1.16. The van der Waals surface area contributed by atoms with Crippen LogP contribution in [0.3, 0.4) is 0 Å². The number of β-amino-alcohol motifs (C(OH)–C–C–N with tert-alkyl or cyclic N) is 2. The summed E-state index contributed by atoms with van der Waals surface area (Å²) in [6.45, 7) is -2.05. The van der Waals surface area contributed by atoms with Crippen molar-refractivity contribution in [2.75, 3.05) is 36.4 Å². The summed E-state index contributed by atoms with van der Waals surface area (Å²) in [6.07, 6.45) is 3.98. The maximum Gasteiger partial charge on any atom is 0.387 e. The van der Waals surface area contributed by atoms with Crippen molar-refractivity contribution >= 4 is 34.4 Å². The topological polar surface area (TPSA) is 142 Å². The van der Waals surface area contributed by atoms with E-state index in [0.29, 0.717) is 37.5 Å². The van der Waals surface area contributed by atoms with E-state index in [1.807, 2.05) is 4.90 Å². The van der Waals surface area contributed by atoms with Crippen molar-refractivity contribution in [1.82, 2.24) is 29.4 Å². The molecule has 0 aliphatic carbocycles. The quantitative estimate of drug-likeness (QED) is 0.271. The minimum Gasteiger partial charge on any atom is -0.432 e.